The van der Waals surface area contributed by atoms with Crippen LogP contribution in [0.25, 0.3) is 0 Å². The highest BCUT2D eigenvalue weighted by Gasteiger charge is 1.98. The van der Waals surface area contributed by atoms with Crippen LogP contribution in [0.4, 0.5) is 0 Å². The summed E-state index contributed by atoms with van der Waals surface area (Å²) in [5, 5.41) is 40.8. The molecule has 0 saturated carbocycles. The minimum absolute atomic E-state index is 0.290. The smallest absolute Gasteiger partial charge is 0.367 e. The zero-order valence-electron chi connectivity index (χ0n) is 33.5. The molecule has 0 aliphatic heterocycles. The van der Waals surface area contributed by atoms with Crippen LogP contribution in [0.3, 0.4) is 0 Å². The predicted molar refractivity (Wildman–Crippen MR) is 215 cm³/mol. The number of aliphatic hydroxyl groups is 4. The van der Waals surface area contributed by atoms with Crippen molar-refractivity contribution >= 4 is 10.4 Å². The zero-order chi connectivity index (χ0) is 38.5. The van der Waals surface area contributed by atoms with Crippen LogP contribution in [0.2, 0.25) is 0 Å². The van der Waals surface area contributed by atoms with Crippen molar-refractivity contribution in [1.29, 1.82) is 0 Å². The molecule has 51 heavy (non-hydrogen) atoms. The summed E-state index contributed by atoms with van der Waals surface area (Å²) < 4.78 is 31.6. The van der Waals surface area contributed by atoms with E-state index < -0.39 is 23.0 Å². The Balaban J connectivity index is -0.000000796. The maximum absolute atomic E-state index is 8.74. The molecule has 0 bridgehead atoms. The lowest BCUT2D eigenvalue weighted by Gasteiger charge is -2.06. The van der Waals surface area contributed by atoms with Crippen LogP contribution in [0, 0.1) is 0 Å². The molecule has 0 aliphatic carbocycles. The molecule has 10 nitrogen and oxygen atoms in total. The van der Waals surface area contributed by atoms with Gasteiger partial charge in [0.05, 0.1) is 0 Å². The maximum atomic E-state index is 8.74. The quantitative estimate of drug-likeness (QED) is 0.0172. The SMILES string of the molecule is CCCCCCCCCCCCCCCCCCNCC(O)O.CCCCCCCCCCCCCCCCCCNCC(O)O.O=S(=O)(O)O. The third-order valence-corrected chi connectivity index (χ3v) is 9.07. The lowest BCUT2D eigenvalue weighted by atomic mass is 10.0. The largest absolute Gasteiger partial charge is 0.394 e. The van der Waals surface area contributed by atoms with Crippen LogP contribution >= 0.6 is 0 Å². The third kappa shape index (κ3) is 71.7. The molecule has 0 aromatic rings. The fourth-order valence-corrected chi connectivity index (χ4v) is 6.06. The van der Waals surface area contributed by atoms with E-state index in [1.54, 1.807) is 0 Å². The molecule has 0 radical (unpaired) electrons. The number of hydrogen-bond donors (Lipinski definition) is 8. The molecule has 0 atom stereocenters. The van der Waals surface area contributed by atoms with Gasteiger partial charge in [0.2, 0.25) is 0 Å². The molecule has 11 heteroatoms. The van der Waals surface area contributed by atoms with E-state index in [2.05, 4.69) is 24.5 Å². The van der Waals surface area contributed by atoms with Crippen molar-refractivity contribution in [2.45, 2.75) is 232 Å². The molecule has 8 N–H and O–H groups in total. The van der Waals surface area contributed by atoms with Crippen molar-refractivity contribution in [1.82, 2.24) is 10.6 Å². The van der Waals surface area contributed by atoms with Crippen molar-refractivity contribution in [3.8, 4) is 0 Å². The minimum Gasteiger partial charge on any atom is -0.367 e. The van der Waals surface area contributed by atoms with Gasteiger partial charge in [-0.15, -0.1) is 0 Å². The van der Waals surface area contributed by atoms with E-state index in [1.165, 1.54) is 193 Å². The first-order valence-corrected chi connectivity index (χ1v) is 22.8. The summed E-state index contributed by atoms with van der Waals surface area (Å²) in [6, 6.07) is 0. The second-order valence-electron chi connectivity index (χ2n) is 14.4. The third-order valence-electron chi connectivity index (χ3n) is 9.07. The first kappa shape index (κ1) is 55.0. The van der Waals surface area contributed by atoms with E-state index in [-0.39, 0.29) is 0 Å². The number of aliphatic hydroxyl groups excluding tert-OH is 2. The molecule has 0 saturated heterocycles. The average molecular weight is 757 g/mol. The minimum atomic E-state index is -4.67. The lowest BCUT2D eigenvalue weighted by molar-refractivity contribution is -0.0377. The second-order valence-corrected chi connectivity index (χ2v) is 15.3. The van der Waals surface area contributed by atoms with Crippen LogP contribution in [0.5, 0.6) is 0 Å². The second kappa shape index (κ2) is 47.7. The Kier molecular flexibility index (Phi) is 51.4. The van der Waals surface area contributed by atoms with Gasteiger partial charge in [0, 0.05) is 13.1 Å². The van der Waals surface area contributed by atoms with E-state index in [4.69, 9.17) is 37.9 Å². The fraction of sp³-hybridized carbons (Fsp3) is 1.00. The molecule has 0 heterocycles. The summed E-state index contributed by atoms with van der Waals surface area (Å²) in [6.07, 6.45) is 41.9. The number of rotatable bonds is 38. The monoisotopic (exact) mass is 757 g/mol. The average Bonchev–Trinajstić information content (AvgIpc) is 3.06. The van der Waals surface area contributed by atoms with E-state index in [0.29, 0.717) is 13.1 Å². The van der Waals surface area contributed by atoms with Gasteiger partial charge < -0.3 is 31.1 Å². The molecule has 0 rings (SSSR count). The van der Waals surface area contributed by atoms with Crippen LogP contribution < -0.4 is 10.6 Å². The van der Waals surface area contributed by atoms with Gasteiger partial charge in [0.15, 0.2) is 12.6 Å². The Hall–Kier alpha value is -0.370. The summed E-state index contributed by atoms with van der Waals surface area (Å²) in [4.78, 5) is 0. The van der Waals surface area contributed by atoms with Gasteiger partial charge in [-0.2, -0.15) is 8.42 Å². The van der Waals surface area contributed by atoms with Crippen LogP contribution in [0.15, 0.2) is 0 Å². The molecule has 0 aliphatic rings. The Morgan fingerprint density at radius 3 is 0.667 bits per heavy atom. The van der Waals surface area contributed by atoms with E-state index >= 15 is 0 Å². The van der Waals surface area contributed by atoms with Crippen molar-refractivity contribution < 1.29 is 37.9 Å². The van der Waals surface area contributed by atoms with Crippen molar-refractivity contribution in [2.75, 3.05) is 26.2 Å². The molecular formula is C40H88N2O8S. The summed E-state index contributed by atoms with van der Waals surface area (Å²) in [6.45, 7) is 6.94. The van der Waals surface area contributed by atoms with Gasteiger partial charge in [-0.25, -0.2) is 0 Å². The zero-order valence-corrected chi connectivity index (χ0v) is 34.3. The van der Waals surface area contributed by atoms with Crippen molar-refractivity contribution in [3.63, 3.8) is 0 Å². The van der Waals surface area contributed by atoms with Gasteiger partial charge in [-0.1, -0.05) is 206 Å². The molecule has 0 aromatic heterocycles. The maximum Gasteiger partial charge on any atom is 0.394 e. The van der Waals surface area contributed by atoms with E-state index in [0.717, 1.165) is 25.9 Å². The Morgan fingerprint density at radius 2 is 0.510 bits per heavy atom. The van der Waals surface area contributed by atoms with E-state index in [1.807, 2.05) is 0 Å². The van der Waals surface area contributed by atoms with Gasteiger partial charge in [-0.05, 0) is 25.9 Å². The molecule has 312 valence electrons. The first-order chi connectivity index (χ1) is 24.5. The highest BCUT2D eigenvalue weighted by atomic mass is 32.3. The van der Waals surface area contributed by atoms with Gasteiger partial charge in [0.25, 0.3) is 0 Å². The van der Waals surface area contributed by atoms with Gasteiger partial charge in [0.1, 0.15) is 0 Å². The van der Waals surface area contributed by atoms with Crippen molar-refractivity contribution in [3.05, 3.63) is 0 Å². The lowest BCUT2D eigenvalue weighted by Crippen LogP contribution is -2.26. The first-order valence-electron chi connectivity index (χ1n) is 21.4. The highest BCUT2D eigenvalue weighted by molar-refractivity contribution is 7.79. The van der Waals surface area contributed by atoms with Gasteiger partial charge in [-0.3, -0.25) is 9.11 Å². The standard InChI is InChI=1S/2C20H43NO2.H2O4S/c2*1-2-3-4-5-6-7-8-9-10-11-12-13-14-15-16-17-18-21-19-20(22)23;1-5(2,3)4/h2*20-23H,2-19H2,1H3;(H2,1,2,3,4). The number of unbranched alkanes of at least 4 members (excludes halogenated alkanes) is 30. The van der Waals surface area contributed by atoms with Crippen molar-refractivity contribution in [2.24, 2.45) is 0 Å². The van der Waals surface area contributed by atoms with Crippen LogP contribution in [-0.4, -0.2) is 76.7 Å². The highest BCUT2D eigenvalue weighted by Crippen LogP contribution is 2.15. The Bertz CT molecular complexity index is 663. The molecule has 0 unspecified atom stereocenters. The van der Waals surface area contributed by atoms with Crippen LogP contribution in [-0.2, 0) is 10.4 Å². The Labute approximate surface area is 316 Å². The molecule has 0 amide bonds. The molecule has 0 aromatic carbocycles. The Morgan fingerprint density at radius 1 is 0.353 bits per heavy atom. The topological polar surface area (TPSA) is 180 Å². The molecule has 0 spiro atoms. The van der Waals surface area contributed by atoms with Gasteiger partial charge >= 0.3 is 10.4 Å². The summed E-state index contributed by atoms with van der Waals surface area (Å²) >= 11 is 0. The summed E-state index contributed by atoms with van der Waals surface area (Å²) in [7, 11) is -4.67. The summed E-state index contributed by atoms with van der Waals surface area (Å²) in [5.41, 5.74) is 0. The normalized spacial score (nSPS) is 11.5. The number of nitrogens with one attached hydrogen (secondary N) is 2. The molecule has 0 fully saturated rings. The van der Waals surface area contributed by atoms with Crippen LogP contribution in [0.1, 0.15) is 219 Å². The fourth-order valence-electron chi connectivity index (χ4n) is 6.06. The summed E-state index contributed by atoms with van der Waals surface area (Å²) in [5.74, 6) is 0. The number of hydrogen-bond acceptors (Lipinski definition) is 8. The van der Waals surface area contributed by atoms with E-state index in [9.17, 15) is 0 Å². The molecular weight excluding hydrogens is 669 g/mol. The predicted octanol–water partition coefficient (Wildman–Crippen LogP) is 9.64.